The van der Waals surface area contributed by atoms with Crippen molar-refractivity contribution >= 4 is 17.2 Å². The van der Waals surface area contributed by atoms with Gasteiger partial charge in [0.25, 0.3) is 5.56 Å². The molecule has 1 N–H and O–H groups in total. The van der Waals surface area contributed by atoms with Gasteiger partial charge >= 0.3 is 0 Å². The number of halogens is 1. The molecule has 1 aromatic carbocycles. The van der Waals surface area contributed by atoms with E-state index in [0.29, 0.717) is 23.1 Å². The van der Waals surface area contributed by atoms with Gasteiger partial charge in [0.2, 0.25) is 0 Å². The first-order chi connectivity index (χ1) is 14.5. The molecule has 0 aliphatic heterocycles. The second kappa shape index (κ2) is 9.32. The molecule has 3 aromatic rings. The third kappa shape index (κ3) is 4.76. The molecule has 30 heavy (non-hydrogen) atoms. The second-order valence-electron chi connectivity index (χ2n) is 8.77. The second-order valence-corrected chi connectivity index (χ2v) is 9.20. The van der Waals surface area contributed by atoms with Crippen LogP contribution in [-0.4, -0.2) is 9.38 Å². The summed E-state index contributed by atoms with van der Waals surface area (Å²) in [7, 11) is 0. The zero-order valence-corrected chi connectivity index (χ0v) is 18.5. The fourth-order valence-electron chi connectivity index (χ4n) is 4.58. The lowest BCUT2D eigenvalue weighted by molar-refractivity contribution is 0.407. The van der Waals surface area contributed by atoms with E-state index in [1.165, 1.54) is 47.6 Å². The van der Waals surface area contributed by atoms with Crippen molar-refractivity contribution in [3.63, 3.8) is 0 Å². The highest BCUT2D eigenvalue weighted by Gasteiger charge is 2.18. The van der Waals surface area contributed by atoms with Crippen LogP contribution in [0.4, 0.5) is 0 Å². The van der Waals surface area contributed by atoms with Gasteiger partial charge in [0.1, 0.15) is 5.65 Å². The zero-order chi connectivity index (χ0) is 21.1. The lowest BCUT2D eigenvalue weighted by atomic mass is 9.83. The average Bonchev–Trinajstić information content (AvgIpc) is 2.75. The van der Waals surface area contributed by atoms with E-state index in [-0.39, 0.29) is 11.6 Å². The first-order valence-corrected chi connectivity index (χ1v) is 11.4. The molecule has 4 nitrogen and oxygen atoms in total. The van der Waals surface area contributed by atoms with Gasteiger partial charge in [-0.3, -0.25) is 9.20 Å². The van der Waals surface area contributed by atoms with Crippen LogP contribution >= 0.6 is 11.6 Å². The van der Waals surface area contributed by atoms with Crippen LogP contribution in [0.1, 0.15) is 74.7 Å². The van der Waals surface area contributed by atoms with Crippen molar-refractivity contribution in [2.24, 2.45) is 5.92 Å². The molecule has 1 unspecified atom stereocenters. The van der Waals surface area contributed by atoms with Crippen LogP contribution in [0.5, 0.6) is 0 Å². The Balaban J connectivity index is 1.49. The first kappa shape index (κ1) is 21.1. The summed E-state index contributed by atoms with van der Waals surface area (Å²) in [6.07, 6.45) is 8.34. The molecule has 0 spiro atoms. The summed E-state index contributed by atoms with van der Waals surface area (Å²) in [6.45, 7) is 4.98. The molecule has 4 rings (SSSR count). The highest BCUT2D eigenvalue weighted by molar-refractivity contribution is 6.30. The maximum atomic E-state index is 12.4. The summed E-state index contributed by atoms with van der Waals surface area (Å²) in [5.74, 6) is 1.15. The largest absolute Gasteiger partial charge is 0.304 e. The highest BCUT2D eigenvalue weighted by Crippen LogP contribution is 2.33. The molecule has 2 aromatic heterocycles. The summed E-state index contributed by atoms with van der Waals surface area (Å²) in [5.41, 5.74) is 4.00. The number of nitrogens with zero attached hydrogens (tertiary/aromatic N) is 2. The molecule has 0 bridgehead atoms. The molecular weight excluding hydrogens is 394 g/mol. The summed E-state index contributed by atoms with van der Waals surface area (Å²) >= 11 is 6.00. The van der Waals surface area contributed by atoms with Crippen molar-refractivity contribution in [2.45, 2.75) is 64.5 Å². The predicted octanol–water partition coefficient (Wildman–Crippen LogP) is 5.88. The molecule has 5 heteroatoms. The van der Waals surface area contributed by atoms with Crippen LogP contribution < -0.4 is 10.9 Å². The predicted molar refractivity (Wildman–Crippen MR) is 123 cm³/mol. The number of rotatable bonds is 6. The van der Waals surface area contributed by atoms with Crippen LogP contribution in [0.3, 0.4) is 0 Å². The van der Waals surface area contributed by atoms with Gasteiger partial charge < -0.3 is 5.32 Å². The smallest absolute Gasteiger partial charge is 0.258 e. The van der Waals surface area contributed by atoms with Crippen molar-refractivity contribution < 1.29 is 0 Å². The van der Waals surface area contributed by atoms with Crippen molar-refractivity contribution in [3.8, 4) is 0 Å². The Labute approximate surface area is 183 Å². The molecule has 2 heterocycles. The van der Waals surface area contributed by atoms with Gasteiger partial charge in [0.05, 0.1) is 10.7 Å². The Morgan fingerprint density at radius 3 is 2.53 bits per heavy atom. The van der Waals surface area contributed by atoms with Gasteiger partial charge in [0, 0.05) is 24.8 Å². The maximum Gasteiger partial charge on any atom is 0.258 e. The molecule has 1 aliphatic carbocycles. The van der Waals surface area contributed by atoms with Crippen LogP contribution in [0, 0.1) is 5.92 Å². The molecule has 158 valence electrons. The highest BCUT2D eigenvalue weighted by atomic mass is 35.5. The Bertz CT molecular complexity index is 1050. The zero-order valence-electron chi connectivity index (χ0n) is 17.8. The van der Waals surface area contributed by atoms with E-state index in [1.54, 1.807) is 24.4 Å². The van der Waals surface area contributed by atoms with E-state index >= 15 is 0 Å². The first-order valence-electron chi connectivity index (χ1n) is 11.0. The summed E-state index contributed by atoms with van der Waals surface area (Å²) in [4.78, 5) is 17.0. The Morgan fingerprint density at radius 1 is 1.10 bits per heavy atom. The van der Waals surface area contributed by atoms with E-state index in [1.807, 2.05) is 0 Å². The van der Waals surface area contributed by atoms with Gasteiger partial charge in [-0.25, -0.2) is 4.98 Å². The van der Waals surface area contributed by atoms with Crippen molar-refractivity contribution in [2.75, 3.05) is 0 Å². The van der Waals surface area contributed by atoms with Gasteiger partial charge in [-0.05, 0) is 47.9 Å². The Morgan fingerprint density at radius 2 is 1.83 bits per heavy atom. The standard InChI is InChI=1S/C25H30ClN3O/c1-17(2)25(20-10-8-19(9-11-20)18-6-4-3-5-7-18)27-15-22-14-24(30)29-16-21(26)12-13-23(29)28-22/h8-14,16-18,25,27H,3-7,15H2,1-2H3. The van der Waals surface area contributed by atoms with Crippen LogP contribution in [0.15, 0.2) is 53.5 Å². The normalized spacial score (nSPS) is 16.3. The summed E-state index contributed by atoms with van der Waals surface area (Å²) < 4.78 is 1.48. The van der Waals surface area contributed by atoms with Gasteiger partial charge in [-0.1, -0.05) is 69.0 Å². The summed E-state index contributed by atoms with van der Waals surface area (Å²) in [5, 5.41) is 4.14. The number of hydrogen-bond donors (Lipinski definition) is 1. The van der Waals surface area contributed by atoms with E-state index in [2.05, 4.69) is 48.4 Å². The van der Waals surface area contributed by atoms with E-state index in [0.717, 1.165) is 11.6 Å². The minimum Gasteiger partial charge on any atom is -0.304 e. The number of pyridine rings is 1. The number of fused-ring (bicyclic) bond motifs is 1. The number of benzene rings is 1. The maximum absolute atomic E-state index is 12.4. The topological polar surface area (TPSA) is 46.4 Å². The summed E-state index contributed by atoms with van der Waals surface area (Å²) in [6, 6.07) is 14.5. The van der Waals surface area contributed by atoms with Crippen molar-refractivity contribution in [1.82, 2.24) is 14.7 Å². The molecule has 0 amide bonds. The van der Waals surface area contributed by atoms with Crippen LogP contribution in [0.2, 0.25) is 5.02 Å². The lowest BCUT2D eigenvalue weighted by Gasteiger charge is -2.25. The fourth-order valence-corrected chi connectivity index (χ4v) is 4.74. The number of hydrogen-bond acceptors (Lipinski definition) is 3. The van der Waals surface area contributed by atoms with E-state index in [9.17, 15) is 4.79 Å². The molecule has 1 saturated carbocycles. The molecular formula is C25H30ClN3O. The van der Waals surface area contributed by atoms with Crippen molar-refractivity contribution in [1.29, 1.82) is 0 Å². The van der Waals surface area contributed by atoms with E-state index < -0.39 is 0 Å². The SMILES string of the molecule is CC(C)C(NCc1cc(=O)n2cc(Cl)ccc2n1)c1ccc(C2CCCCC2)cc1. The molecule has 0 radical (unpaired) electrons. The van der Waals surface area contributed by atoms with Crippen LogP contribution in [-0.2, 0) is 6.54 Å². The van der Waals surface area contributed by atoms with Crippen molar-refractivity contribution in [3.05, 3.63) is 80.9 Å². The molecule has 1 aliphatic rings. The number of aromatic nitrogens is 2. The minimum absolute atomic E-state index is 0.114. The third-order valence-electron chi connectivity index (χ3n) is 6.22. The monoisotopic (exact) mass is 423 g/mol. The minimum atomic E-state index is -0.114. The third-order valence-corrected chi connectivity index (χ3v) is 6.44. The fraction of sp³-hybridized carbons (Fsp3) is 0.440. The van der Waals surface area contributed by atoms with E-state index in [4.69, 9.17) is 11.6 Å². The van der Waals surface area contributed by atoms with Crippen LogP contribution in [0.25, 0.3) is 5.65 Å². The Hall–Kier alpha value is -2.17. The molecule has 1 fully saturated rings. The Kier molecular flexibility index (Phi) is 6.55. The lowest BCUT2D eigenvalue weighted by Crippen LogP contribution is -2.27. The molecule has 0 saturated heterocycles. The number of nitrogens with one attached hydrogen (secondary N) is 1. The quantitative estimate of drug-likeness (QED) is 0.538. The van der Waals surface area contributed by atoms with Gasteiger partial charge in [-0.2, -0.15) is 0 Å². The molecule has 1 atom stereocenters. The van der Waals surface area contributed by atoms with Gasteiger partial charge in [-0.15, -0.1) is 0 Å². The van der Waals surface area contributed by atoms with Gasteiger partial charge in [0.15, 0.2) is 0 Å². The average molecular weight is 424 g/mol.